The molecule has 1 atom stereocenters. The zero-order chi connectivity index (χ0) is 9.19. The number of likely N-dealkylation sites (N-methyl/N-ethyl adjacent to an activating group) is 1. The van der Waals surface area contributed by atoms with Crippen LogP contribution in [0.3, 0.4) is 0 Å². The zero-order valence-corrected chi connectivity index (χ0v) is 8.76. The van der Waals surface area contributed by atoms with E-state index in [2.05, 4.69) is 32.7 Å². The highest BCUT2D eigenvalue weighted by molar-refractivity contribution is 4.88. The second-order valence-corrected chi connectivity index (χ2v) is 4.60. The van der Waals surface area contributed by atoms with Gasteiger partial charge in [-0.05, 0) is 25.8 Å². The van der Waals surface area contributed by atoms with Crippen LogP contribution in [0.1, 0.15) is 27.2 Å². The Morgan fingerprint density at radius 2 is 2.17 bits per heavy atom. The largest absolute Gasteiger partial charge is 0.380 e. The molecule has 1 saturated heterocycles. The molecule has 0 aliphatic carbocycles. The van der Waals surface area contributed by atoms with Crippen molar-refractivity contribution in [3.8, 4) is 0 Å². The molecule has 1 heterocycles. The predicted octanol–water partition coefficient (Wildman–Crippen LogP) is 1.75. The van der Waals surface area contributed by atoms with Crippen molar-refractivity contribution < 1.29 is 4.74 Å². The van der Waals surface area contributed by atoms with Crippen LogP contribution in [0.15, 0.2) is 0 Å². The lowest BCUT2D eigenvalue weighted by Crippen LogP contribution is -2.29. The first-order valence-corrected chi connectivity index (χ1v) is 4.83. The molecule has 0 amide bonds. The molecule has 0 N–H and O–H groups in total. The summed E-state index contributed by atoms with van der Waals surface area (Å²) >= 11 is 0. The van der Waals surface area contributed by atoms with Crippen molar-refractivity contribution in [1.29, 1.82) is 0 Å². The van der Waals surface area contributed by atoms with Gasteiger partial charge in [-0.1, -0.05) is 13.8 Å². The first-order valence-electron chi connectivity index (χ1n) is 4.83. The maximum absolute atomic E-state index is 5.44. The molecule has 0 aromatic rings. The summed E-state index contributed by atoms with van der Waals surface area (Å²) in [5.41, 5.74) is 0.483. The highest BCUT2D eigenvalue weighted by atomic mass is 16.5. The van der Waals surface area contributed by atoms with Gasteiger partial charge < -0.3 is 9.64 Å². The fraction of sp³-hybridized carbons (Fsp3) is 1.00. The minimum Gasteiger partial charge on any atom is -0.380 e. The van der Waals surface area contributed by atoms with Crippen molar-refractivity contribution in [2.45, 2.75) is 33.2 Å². The molecule has 2 nitrogen and oxygen atoms in total. The fourth-order valence-corrected chi connectivity index (χ4v) is 2.10. The molecule has 12 heavy (non-hydrogen) atoms. The Kier molecular flexibility index (Phi) is 3.13. The molecule has 1 rings (SSSR count). The van der Waals surface area contributed by atoms with Gasteiger partial charge in [0.25, 0.3) is 0 Å². The third kappa shape index (κ3) is 2.46. The minimum atomic E-state index is 0.483. The van der Waals surface area contributed by atoms with Crippen LogP contribution in [0.4, 0.5) is 0 Å². The molecule has 1 aliphatic rings. The second kappa shape index (κ2) is 3.75. The number of hydrogen-bond donors (Lipinski definition) is 0. The molecule has 72 valence electrons. The van der Waals surface area contributed by atoms with Crippen LogP contribution in [0, 0.1) is 5.41 Å². The van der Waals surface area contributed by atoms with E-state index in [-0.39, 0.29) is 0 Å². The van der Waals surface area contributed by atoms with E-state index in [9.17, 15) is 0 Å². The van der Waals surface area contributed by atoms with Crippen LogP contribution in [0.2, 0.25) is 0 Å². The van der Waals surface area contributed by atoms with Gasteiger partial charge in [0.15, 0.2) is 0 Å². The fourth-order valence-electron chi connectivity index (χ4n) is 2.10. The molecule has 1 unspecified atom stereocenters. The average molecular weight is 171 g/mol. The first-order chi connectivity index (χ1) is 5.55. The molecule has 0 radical (unpaired) electrons. The third-order valence-electron chi connectivity index (χ3n) is 2.60. The van der Waals surface area contributed by atoms with Crippen LogP contribution < -0.4 is 0 Å². The van der Waals surface area contributed by atoms with E-state index in [0.29, 0.717) is 11.5 Å². The highest BCUT2D eigenvalue weighted by Gasteiger charge is 2.34. The molecule has 0 aromatic carbocycles. The van der Waals surface area contributed by atoms with Crippen LogP contribution in [-0.4, -0.2) is 37.7 Å². The molecule has 0 aromatic heterocycles. The van der Waals surface area contributed by atoms with Gasteiger partial charge in [0.2, 0.25) is 0 Å². The summed E-state index contributed by atoms with van der Waals surface area (Å²) < 4.78 is 5.44. The average Bonchev–Trinajstić information content (AvgIpc) is 2.20. The Bertz CT molecular complexity index is 145. The zero-order valence-electron chi connectivity index (χ0n) is 8.76. The topological polar surface area (TPSA) is 12.5 Å². The van der Waals surface area contributed by atoms with E-state index in [4.69, 9.17) is 4.74 Å². The van der Waals surface area contributed by atoms with Crippen LogP contribution in [0.25, 0.3) is 0 Å². The van der Waals surface area contributed by atoms with Gasteiger partial charge in [-0.25, -0.2) is 0 Å². The van der Waals surface area contributed by atoms with Crippen LogP contribution in [0.5, 0.6) is 0 Å². The maximum Gasteiger partial charge on any atom is 0.0621 e. The summed E-state index contributed by atoms with van der Waals surface area (Å²) in [6.45, 7) is 9.65. The Morgan fingerprint density at radius 1 is 1.50 bits per heavy atom. The summed E-state index contributed by atoms with van der Waals surface area (Å²) in [6.07, 6.45) is 1.27. The monoisotopic (exact) mass is 171 g/mol. The molecule has 0 spiro atoms. The van der Waals surface area contributed by atoms with E-state index in [0.717, 1.165) is 13.2 Å². The summed E-state index contributed by atoms with van der Waals surface area (Å²) in [5.74, 6) is 0. The molecule has 0 saturated carbocycles. The smallest absolute Gasteiger partial charge is 0.0621 e. The SMILES string of the molecule is CCOCC1CC(C)(C)CN1C. The maximum atomic E-state index is 5.44. The second-order valence-electron chi connectivity index (χ2n) is 4.60. The lowest BCUT2D eigenvalue weighted by Gasteiger charge is -2.18. The van der Waals surface area contributed by atoms with Crippen molar-refractivity contribution in [3.63, 3.8) is 0 Å². The van der Waals surface area contributed by atoms with Crippen molar-refractivity contribution in [2.75, 3.05) is 26.8 Å². The third-order valence-corrected chi connectivity index (χ3v) is 2.60. The summed E-state index contributed by atoms with van der Waals surface area (Å²) in [6, 6.07) is 0.639. The Hall–Kier alpha value is -0.0800. The molecule has 2 heteroatoms. The van der Waals surface area contributed by atoms with Gasteiger partial charge >= 0.3 is 0 Å². The standard InChI is InChI=1S/C10H21NO/c1-5-12-7-9-6-10(2,3)8-11(9)4/h9H,5-8H2,1-4H3. The molecule has 0 bridgehead atoms. The summed E-state index contributed by atoms with van der Waals surface area (Å²) in [7, 11) is 2.19. The van der Waals surface area contributed by atoms with Gasteiger partial charge in [-0.3, -0.25) is 0 Å². The van der Waals surface area contributed by atoms with Crippen LogP contribution in [-0.2, 0) is 4.74 Å². The lowest BCUT2D eigenvalue weighted by atomic mass is 9.91. The number of nitrogens with zero attached hydrogens (tertiary/aromatic N) is 1. The van der Waals surface area contributed by atoms with Crippen molar-refractivity contribution >= 4 is 0 Å². The van der Waals surface area contributed by atoms with Crippen molar-refractivity contribution in [3.05, 3.63) is 0 Å². The molecular weight excluding hydrogens is 150 g/mol. The number of ether oxygens (including phenoxy) is 1. The lowest BCUT2D eigenvalue weighted by molar-refractivity contribution is 0.0949. The Balaban J connectivity index is 2.36. The van der Waals surface area contributed by atoms with Gasteiger partial charge in [-0.15, -0.1) is 0 Å². The van der Waals surface area contributed by atoms with Gasteiger partial charge in [-0.2, -0.15) is 0 Å². The van der Waals surface area contributed by atoms with E-state index in [1.807, 2.05) is 0 Å². The predicted molar refractivity (Wildman–Crippen MR) is 51.3 cm³/mol. The number of rotatable bonds is 3. The highest BCUT2D eigenvalue weighted by Crippen LogP contribution is 2.32. The van der Waals surface area contributed by atoms with E-state index in [1.54, 1.807) is 0 Å². The van der Waals surface area contributed by atoms with Gasteiger partial charge in [0.05, 0.1) is 6.61 Å². The Labute approximate surface area is 75.9 Å². The molecule has 1 fully saturated rings. The van der Waals surface area contributed by atoms with Crippen LogP contribution >= 0.6 is 0 Å². The minimum absolute atomic E-state index is 0.483. The summed E-state index contributed by atoms with van der Waals surface area (Å²) in [5, 5.41) is 0. The van der Waals surface area contributed by atoms with Gasteiger partial charge in [0.1, 0.15) is 0 Å². The number of hydrogen-bond acceptors (Lipinski definition) is 2. The van der Waals surface area contributed by atoms with E-state index >= 15 is 0 Å². The first kappa shape index (κ1) is 10.0. The normalized spacial score (nSPS) is 29.5. The van der Waals surface area contributed by atoms with Gasteiger partial charge in [0, 0.05) is 19.2 Å². The van der Waals surface area contributed by atoms with E-state index < -0.39 is 0 Å². The Morgan fingerprint density at radius 3 is 2.58 bits per heavy atom. The molecular formula is C10H21NO. The van der Waals surface area contributed by atoms with E-state index in [1.165, 1.54) is 13.0 Å². The van der Waals surface area contributed by atoms with Crippen molar-refractivity contribution in [2.24, 2.45) is 5.41 Å². The molecule has 1 aliphatic heterocycles. The van der Waals surface area contributed by atoms with Crippen molar-refractivity contribution in [1.82, 2.24) is 4.90 Å². The quantitative estimate of drug-likeness (QED) is 0.641. The number of likely N-dealkylation sites (tertiary alicyclic amines) is 1. The summed E-state index contributed by atoms with van der Waals surface area (Å²) in [4.78, 5) is 2.41.